The maximum absolute atomic E-state index is 12.4. The number of halogens is 1. The van der Waals surface area contributed by atoms with Gasteiger partial charge in [-0.15, -0.1) is 0 Å². The lowest BCUT2D eigenvalue weighted by molar-refractivity contribution is 0.0602. The van der Waals surface area contributed by atoms with Gasteiger partial charge in [0.25, 0.3) is 5.91 Å². The average molecular weight is 383 g/mol. The Morgan fingerprint density at radius 3 is 2.36 bits per heavy atom. The van der Waals surface area contributed by atoms with E-state index in [0.29, 0.717) is 0 Å². The molecule has 0 spiro atoms. The number of hydrogen-bond donors (Lipinski definition) is 2. The topological polar surface area (TPSA) is 102 Å². The Kier molecular flexibility index (Phi) is 5.66. The van der Waals surface area contributed by atoms with E-state index in [-0.39, 0.29) is 27.5 Å². The molecule has 0 aliphatic carbocycles. The Morgan fingerprint density at radius 2 is 1.76 bits per heavy atom. The van der Waals surface area contributed by atoms with Crippen LogP contribution >= 0.6 is 11.6 Å². The fraction of sp³-hybridized carbons (Fsp3) is 0.125. The molecule has 0 unspecified atom stereocenters. The second-order valence-electron chi connectivity index (χ2n) is 5.06. The van der Waals surface area contributed by atoms with Crippen LogP contribution in [0.5, 0.6) is 0 Å². The molecule has 132 valence electrons. The lowest BCUT2D eigenvalue weighted by Crippen LogP contribution is -2.16. The largest absolute Gasteiger partial charge is 0.465 e. The van der Waals surface area contributed by atoms with Crippen molar-refractivity contribution >= 4 is 44.9 Å². The second kappa shape index (κ2) is 7.54. The highest BCUT2D eigenvalue weighted by Gasteiger charge is 2.15. The predicted molar refractivity (Wildman–Crippen MR) is 95.7 cm³/mol. The van der Waals surface area contributed by atoms with Crippen LogP contribution in [0, 0.1) is 0 Å². The zero-order valence-electron chi connectivity index (χ0n) is 13.4. The molecule has 2 aromatic carbocycles. The van der Waals surface area contributed by atoms with Gasteiger partial charge in [0.15, 0.2) is 0 Å². The molecule has 9 heteroatoms. The third kappa shape index (κ3) is 4.94. The van der Waals surface area contributed by atoms with Crippen molar-refractivity contribution in [2.75, 3.05) is 23.4 Å². The van der Waals surface area contributed by atoms with Gasteiger partial charge in [-0.1, -0.05) is 23.7 Å². The van der Waals surface area contributed by atoms with Crippen molar-refractivity contribution in [3.05, 3.63) is 58.6 Å². The first-order valence-electron chi connectivity index (χ1n) is 6.97. The number of anilines is 2. The molecule has 0 saturated carbocycles. The molecule has 0 fully saturated rings. The molecule has 2 N–H and O–H groups in total. The lowest BCUT2D eigenvalue weighted by atomic mass is 10.1. The van der Waals surface area contributed by atoms with Crippen molar-refractivity contribution in [3.8, 4) is 0 Å². The molecule has 0 atom stereocenters. The van der Waals surface area contributed by atoms with Crippen molar-refractivity contribution in [3.63, 3.8) is 0 Å². The van der Waals surface area contributed by atoms with Crippen molar-refractivity contribution in [1.29, 1.82) is 0 Å². The molecule has 0 radical (unpaired) electrons. The normalized spacial score (nSPS) is 10.8. The number of sulfonamides is 1. The lowest BCUT2D eigenvalue weighted by Gasteiger charge is -2.11. The van der Waals surface area contributed by atoms with Gasteiger partial charge in [0.1, 0.15) is 0 Å². The van der Waals surface area contributed by atoms with Gasteiger partial charge in [0, 0.05) is 5.56 Å². The summed E-state index contributed by atoms with van der Waals surface area (Å²) in [5.41, 5.74) is 0.855. The number of carbonyl (C=O) groups excluding carboxylic acids is 2. The fourth-order valence-electron chi connectivity index (χ4n) is 2.01. The van der Waals surface area contributed by atoms with Crippen LogP contribution < -0.4 is 10.0 Å². The first-order valence-corrected chi connectivity index (χ1v) is 9.24. The summed E-state index contributed by atoms with van der Waals surface area (Å²) in [6.07, 6.45) is 0.994. The zero-order valence-corrected chi connectivity index (χ0v) is 14.9. The van der Waals surface area contributed by atoms with Crippen molar-refractivity contribution in [2.45, 2.75) is 0 Å². The Morgan fingerprint density at radius 1 is 1.08 bits per heavy atom. The molecule has 0 aromatic heterocycles. The van der Waals surface area contributed by atoms with Gasteiger partial charge < -0.3 is 10.1 Å². The van der Waals surface area contributed by atoms with E-state index < -0.39 is 21.9 Å². The molecule has 0 heterocycles. The molecule has 0 aliphatic rings. The summed E-state index contributed by atoms with van der Waals surface area (Å²) in [7, 11) is -2.24. The monoisotopic (exact) mass is 382 g/mol. The standard InChI is InChI=1S/C16H15ClN2O5S/c1-24-16(21)11-5-3-4-6-13(11)18-15(20)10-7-8-14(12(17)9-10)19-25(2,22)23/h3-9,19H,1-2H3,(H,18,20). The molecular weight excluding hydrogens is 368 g/mol. The molecule has 0 saturated heterocycles. The maximum atomic E-state index is 12.4. The minimum Gasteiger partial charge on any atom is -0.465 e. The summed E-state index contributed by atoms with van der Waals surface area (Å²) in [5.74, 6) is -1.09. The SMILES string of the molecule is COC(=O)c1ccccc1NC(=O)c1ccc(NS(C)(=O)=O)c(Cl)c1. The molecule has 25 heavy (non-hydrogen) atoms. The van der Waals surface area contributed by atoms with Gasteiger partial charge in [-0.05, 0) is 30.3 Å². The van der Waals surface area contributed by atoms with Crippen molar-refractivity contribution < 1.29 is 22.7 Å². The number of nitrogens with one attached hydrogen (secondary N) is 2. The van der Waals surface area contributed by atoms with Crippen LogP contribution in [0.3, 0.4) is 0 Å². The Hall–Kier alpha value is -2.58. The Balaban J connectivity index is 2.25. The van der Waals surface area contributed by atoms with E-state index in [2.05, 4.69) is 14.8 Å². The van der Waals surface area contributed by atoms with Gasteiger partial charge in [-0.3, -0.25) is 9.52 Å². The Bertz CT molecular complexity index is 928. The van der Waals surface area contributed by atoms with Crippen LogP contribution in [-0.2, 0) is 14.8 Å². The average Bonchev–Trinajstić information content (AvgIpc) is 2.55. The fourth-order valence-corrected chi connectivity index (χ4v) is 2.87. The zero-order chi connectivity index (χ0) is 18.6. The van der Waals surface area contributed by atoms with E-state index in [1.54, 1.807) is 18.2 Å². The van der Waals surface area contributed by atoms with Crippen LogP contribution in [0.25, 0.3) is 0 Å². The number of para-hydroxylation sites is 1. The van der Waals surface area contributed by atoms with Crippen LogP contribution in [0.2, 0.25) is 5.02 Å². The number of rotatable bonds is 5. The van der Waals surface area contributed by atoms with Gasteiger partial charge in [-0.25, -0.2) is 13.2 Å². The smallest absolute Gasteiger partial charge is 0.339 e. The van der Waals surface area contributed by atoms with E-state index in [1.807, 2.05) is 0 Å². The van der Waals surface area contributed by atoms with E-state index in [4.69, 9.17) is 11.6 Å². The van der Waals surface area contributed by atoms with Crippen LogP contribution in [0.1, 0.15) is 20.7 Å². The summed E-state index contributed by atoms with van der Waals surface area (Å²) < 4.78 is 29.4. The van der Waals surface area contributed by atoms with Gasteiger partial charge in [-0.2, -0.15) is 0 Å². The summed E-state index contributed by atoms with van der Waals surface area (Å²) >= 11 is 6.01. The highest BCUT2D eigenvalue weighted by atomic mass is 35.5. The molecule has 2 rings (SSSR count). The molecular formula is C16H15ClN2O5S. The third-order valence-corrected chi connectivity index (χ3v) is 4.01. The number of methoxy groups -OCH3 is 1. The molecule has 0 aliphatic heterocycles. The number of carbonyl (C=O) groups is 2. The van der Waals surface area contributed by atoms with Crippen LogP contribution in [0.4, 0.5) is 11.4 Å². The highest BCUT2D eigenvalue weighted by molar-refractivity contribution is 7.92. The van der Waals surface area contributed by atoms with E-state index in [1.165, 1.54) is 31.4 Å². The van der Waals surface area contributed by atoms with Crippen LogP contribution in [-0.4, -0.2) is 33.7 Å². The van der Waals surface area contributed by atoms with E-state index in [0.717, 1.165) is 6.26 Å². The molecule has 7 nitrogen and oxygen atoms in total. The van der Waals surface area contributed by atoms with Gasteiger partial charge in [0.05, 0.1) is 35.3 Å². The third-order valence-electron chi connectivity index (χ3n) is 3.11. The number of ether oxygens (including phenoxy) is 1. The van der Waals surface area contributed by atoms with Gasteiger partial charge in [0.2, 0.25) is 10.0 Å². The van der Waals surface area contributed by atoms with Crippen molar-refractivity contribution in [2.24, 2.45) is 0 Å². The summed E-state index contributed by atoms with van der Waals surface area (Å²) in [5, 5.41) is 2.67. The summed E-state index contributed by atoms with van der Waals surface area (Å²) in [4.78, 5) is 24.1. The van der Waals surface area contributed by atoms with E-state index >= 15 is 0 Å². The predicted octanol–water partition coefficient (Wildman–Crippen LogP) is 2.75. The number of amides is 1. The molecule has 1 amide bonds. The van der Waals surface area contributed by atoms with E-state index in [9.17, 15) is 18.0 Å². The Labute approximate surface area is 150 Å². The molecule has 0 bridgehead atoms. The number of hydrogen-bond acceptors (Lipinski definition) is 5. The van der Waals surface area contributed by atoms with Crippen LogP contribution in [0.15, 0.2) is 42.5 Å². The number of benzene rings is 2. The second-order valence-corrected chi connectivity index (χ2v) is 7.22. The summed E-state index contributed by atoms with van der Waals surface area (Å²) in [6.45, 7) is 0. The van der Waals surface area contributed by atoms with Gasteiger partial charge >= 0.3 is 5.97 Å². The van der Waals surface area contributed by atoms with Crippen molar-refractivity contribution in [1.82, 2.24) is 0 Å². The summed E-state index contributed by atoms with van der Waals surface area (Å²) in [6, 6.07) is 10.5. The first-order chi connectivity index (χ1) is 11.7. The maximum Gasteiger partial charge on any atom is 0.339 e. The molecule has 2 aromatic rings. The minimum atomic E-state index is -3.49. The quantitative estimate of drug-likeness (QED) is 0.774. The minimum absolute atomic E-state index is 0.0688. The first kappa shape index (κ1) is 18.8. The highest BCUT2D eigenvalue weighted by Crippen LogP contribution is 2.25. The number of esters is 1.